The van der Waals surface area contributed by atoms with Crippen LogP contribution in [0.25, 0.3) is 0 Å². The van der Waals surface area contributed by atoms with E-state index in [1.807, 2.05) is 30.3 Å². The van der Waals surface area contributed by atoms with E-state index in [9.17, 15) is 23.1 Å². The van der Waals surface area contributed by atoms with Gasteiger partial charge in [0.1, 0.15) is 0 Å². The van der Waals surface area contributed by atoms with E-state index in [1.54, 1.807) is 6.20 Å². The van der Waals surface area contributed by atoms with Crippen LogP contribution >= 0.6 is 0 Å². The number of hydrogen-bond acceptors (Lipinski definition) is 4. The number of hydrogen-bond donors (Lipinski definition) is 2. The van der Waals surface area contributed by atoms with E-state index in [-0.39, 0.29) is 23.8 Å². The number of nitrogens with zero attached hydrogens (tertiary/aromatic N) is 2. The predicted octanol–water partition coefficient (Wildman–Crippen LogP) is 5.24. The number of carbonyl (C=O) groups excluding carboxylic acids is 1. The molecule has 0 saturated carbocycles. The average Bonchev–Trinajstić information content (AvgIpc) is 3.37. The molecule has 0 spiro atoms. The van der Waals surface area contributed by atoms with Gasteiger partial charge in [0, 0.05) is 31.7 Å². The van der Waals surface area contributed by atoms with Crippen molar-refractivity contribution < 1.29 is 23.1 Å². The lowest BCUT2D eigenvalue weighted by atomic mass is 9.98. The lowest BCUT2D eigenvalue weighted by Gasteiger charge is -2.27. The fourth-order valence-electron chi connectivity index (χ4n) is 5.66. The lowest BCUT2D eigenvalue weighted by Crippen LogP contribution is -2.32. The van der Waals surface area contributed by atoms with Crippen molar-refractivity contribution in [1.29, 1.82) is 0 Å². The van der Waals surface area contributed by atoms with E-state index < -0.39 is 17.8 Å². The molecule has 8 heteroatoms. The number of rotatable bonds is 6. The van der Waals surface area contributed by atoms with Crippen molar-refractivity contribution in [2.24, 2.45) is 5.92 Å². The van der Waals surface area contributed by atoms with E-state index in [1.165, 1.54) is 12.1 Å². The molecule has 1 aliphatic carbocycles. The van der Waals surface area contributed by atoms with Crippen LogP contribution in [0.15, 0.2) is 60.8 Å². The maximum absolute atomic E-state index is 13.0. The largest absolute Gasteiger partial charge is 0.416 e. The maximum atomic E-state index is 13.0. The van der Waals surface area contributed by atoms with E-state index in [0.717, 1.165) is 40.1 Å². The van der Waals surface area contributed by atoms with Gasteiger partial charge in [0.25, 0.3) is 5.91 Å². The van der Waals surface area contributed by atoms with Crippen molar-refractivity contribution in [3.05, 3.63) is 99.9 Å². The number of aliphatic hydroxyl groups is 1. The smallest absolute Gasteiger partial charge is 0.392 e. The Kier molecular flexibility index (Phi) is 6.81. The van der Waals surface area contributed by atoms with Crippen LogP contribution in [0.4, 0.5) is 13.2 Å². The van der Waals surface area contributed by atoms with Crippen LogP contribution in [0.3, 0.4) is 0 Å². The van der Waals surface area contributed by atoms with Gasteiger partial charge in [-0.2, -0.15) is 13.2 Å². The fraction of sp³-hybridized carbons (Fsp3) is 0.379. The number of aliphatic hydroxyl groups excluding tert-OH is 1. The van der Waals surface area contributed by atoms with Crippen molar-refractivity contribution in [3.63, 3.8) is 0 Å². The van der Waals surface area contributed by atoms with Gasteiger partial charge in [-0.05, 0) is 52.8 Å². The molecule has 0 radical (unpaired) electrons. The Morgan fingerprint density at radius 2 is 1.86 bits per heavy atom. The molecule has 2 heterocycles. The molecule has 0 bridgehead atoms. The van der Waals surface area contributed by atoms with Crippen LogP contribution in [-0.4, -0.2) is 33.5 Å². The second-order valence-corrected chi connectivity index (χ2v) is 10.3. The molecule has 194 valence electrons. The SMILES string of the molecule is CC(C)C1c2ncc(C(=O)NCC3c4ccccc4CC3O)cc2CN1Cc1ccc(C(F)(F)F)cc1. The second-order valence-electron chi connectivity index (χ2n) is 10.3. The molecule has 3 aromatic rings. The third kappa shape index (κ3) is 5.13. The molecular formula is C29H30F3N3O2. The van der Waals surface area contributed by atoms with Gasteiger partial charge in [0.2, 0.25) is 0 Å². The van der Waals surface area contributed by atoms with Gasteiger partial charge in [-0.3, -0.25) is 14.7 Å². The first kappa shape index (κ1) is 25.4. The molecule has 1 aliphatic heterocycles. The molecule has 1 aromatic heterocycles. The Hall–Kier alpha value is -3.23. The summed E-state index contributed by atoms with van der Waals surface area (Å²) in [6.45, 7) is 5.56. The quantitative estimate of drug-likeness (QED) is 0.477. The minimum absolute atomic E-state index is 0.000425. The first-order valence-electron chi connectivity index (χ1n) is 12.5. The summed E-state index contributed by atoms with van der Waals surface area (Å²) in [6, 6.07) is 15.0. The molecular weight excluding hydrogens is 479 g/mol. The number of pyridine rings is 1. The van der Waals surface area contributed by atoms with Gasteiger partial charge < -0.3 is 10.4 Å². The Morgan fingerprint density at radius 3 is 2.57 bits per heavy atom. The van der Waals surface area contributed by atoms with Crippen molar-refractivity contribution >= 4 is 5.91 Å². The Bertz CT molecular complexity index is 1290. The summed E-state index contributed by atoms with van der Waals surface area (Å²) in [5.41, 5.74) is 4.62. The summed E-state index contributed by atoms with van der Waals surface area (Å²) in [7, 11) is 0. The number of carbonyl (C=O) groups is 1. The van der Waals surface area contributed by atoms with Crippen molar-refractivity contribution in [2.75, 3.05) is 6.54 Å². The summed E-state index contributed by atoms with van der Waals surface area (Å²) < 4.78 is 38.8. The molecule has 3 unspecified atom stereocenters. The Balaban J connectivity index is 1.28. The number of fused-ring (bicyclic) bond motifs is 2. The molecule has 2 aliphatic rings. The van der Waals surface area contributed by atoms with Gasteiger partial charge in [0.15, 0.2) is 0 Å². The highest BCUT2D eigenvalue weighted by atomic mass is 19.4. The van der Waals surface area contributed by atoms with Crippen LogP contribution < -0.4 is 5.32 Å². The average molecular weight is 510 g/mol. The Morgan fingerprint density at radius 1 is 1.14 bits per heavy atom. The number of alkyl halides is 3. The monoisotopic (exact) mass is 509 g/mol. The zero-order chi connectivity index (χ0) is 26.3. The molecule has 5 rings (SSSR count). The van der Waals surface area contributed by atoms with Crippen LogP contribution in [0.1, 0.15) is 69.7 Å². The van der Waals surface area contributed by atoms with Crippen LogP contribution in [-0.2, 0) is 25.7 Å². The minimum Gasteiger partial charge on any atom is -0.392 e. The highest BCUT2D eigenvalue weighted by Crippen LogP contribution is 2.39. The summed E-state index contributed by atoms with van der Waals surface area (Å²) in [4.78, 5) is 19.8. The molecule has 2 N–H and O–H groups in total. The van der Waals surface area contributed by atoms with E-state index in [0.29, 0.717) is 31.6 Å². The molecule has 5 nitrogen and oxygen atoms in total. The standard InChI is InChI=1S/C29H30F3N3O2/c1-17(2)27-26-21(16-35(27)15-18-7-9-22(10-8-18)29(30,31)32)11-20(13-33-26)28(37)34-14-24-23-6-4-3-5-19(23)12-25(24)36/h3-11,13,17,24-25,27,36H,12,14-16H2,1-2H3,(H,34,37). The molecule has 37 heavy (non-hydrogen) atoms. The number of halogens is 3. The number of aromatic nitrogens is 1. The number of benzene rings is 2. The molecule has 2 aromatic carbocycles. The topological polar surface area (TPSA) is 65.5 Å². The molecule has 3 atom stereocenters. The molecule has 0 saturated heterocycles. The fourth-order valence-corrected chi connectivity index (χ4v) is 5.66. The zero-order valence-corrected chi connectivity index (χ0v) is 20.8. The highest BCUT2D eigenvalue weighted by Gasteiger charge is 2.35. The first-order valence-corrected chi connectivity index (χ1v) is 12.5. The highest BCUT2D eigenvalue weighted by molar-refractivity contribution is 5.94. The predicted molar refractivity (Wildman–Crippen MR) is 134 cm³/mol. The maximum Gasteiger partial charge on any atom is 0.416 e. The molecule has 0 fully saturated rings. The third-order valence-electron chi connectivity index (χ3n) is 7.44. The first-order chi connectivity index (χ1) is 17.6. The van der Waals surface area contributed by atoms with Gasteiger partial charge >= 0.3 is 6.18 Å². The lowest BCUT2D eigenvalue weighted by molar-refractivity contribution is -0.137. The number of nitrogens with one attached hydrogen (secondary N) is 1. The Labute approximate surface area is 214 Å². The van der Waals surface area contributed by atoms with Crippen molar-refractivity contribution in [3.8, 4) is 0 Å². The van der Waals surface area contributed by atoms with Crippen LogP contribution in [0.5, 0.6) is 0 Å². The van der Waals surface area contributed by atoms with E-state index in [4.69, 9.17) is 0 Å². The van der Waals surface area contributed by atoms with Crippen molar-refractivity contribution in [2.45, 2.75) is 57.6 Å². The summed E-state index contributed by atoms with van der Waals surface area (Å²) >= 11 is 0. The van der Waals surface area contributed by atoms with Gasteiger partial charge in [-0.25, -0.2) is 0 Å². The van der Waals surface area contributed by atoms with Gasteiger partial charge in [0.05, 0.1) is 29.0 Å². The summed E-state index contributed by atoms with van der Waals surface area (Å²) in [6.07, 6.45) is -2.71. The van der Waals surface area contributed by atoms with Gasteiger partial charge in [-0.15, -0.1) is 0 Å². The number of amides is 1. The second kappa shape index (κ2) is 9.91. The minimum atomic E-state index is -4.36. The zero-order valence-electron chi connectivity index (χ0n) is 20.8. The van der Waals surface area contributed by atoms with Crippen LogP contribution in [0.2, 0.25) is 0 Å². The third-order valence-corrected chi connectivity index (χ3v) is 7.44. The summed E-state index contributed by atoms with van der Waals surface area (Å²) in [5, 5.41) is 13.4. The normalized spacial score (nSPS) is 21.2. The van der Waals surface area contributed by atoms with Gasteiger partial charge in [-0.1, -0.05) is 50.2 Å². The van der Waals surface area contributed by atoms with Crippen LogP contribution in [0, 0.1) is 5.92 Å². The van der Waals surface area contributed by atoms with E-state index in [2.05, 4.69) is 29.0 Å². The summed E-state index contributed by atoms with van der Waals surface area (Å²) in [5.74, 6) is -0.159. The molecule has 1 amide bonds. The van der Waals surface area contributed by atoms with E-state index >= 15 is 0 Å². The van der Waals surface area contributed by atoms with Crippen molar-refractivity contribution in [1.82, 2.24) is 15.2 Å².